The monoisotopic (exact) mass is 823 g/mol. The molecule has 0 radical (unpaired) electrons. The van der Waals surface area contributed by atoms with E-state index in [1.54, 1.807) is 45.3 Å². The fourth-order valence-corrected chi connectivity index (χ4v) is 6.59. The Morgan fingerprint density at radius 3 is 2.32 bits per heavy atom. The van der Waals surface area contributed by atoms with E-state index in [0.717, 1.165) is 28.7 Å². The number of benzene rings is 2. The Balaban J connectivity index is 0.965. The Bertz CT molecular complexity index is 2170. The third-order valence-electron chi connectivity index (χ3n) is 9.42. The molecule has 0 aliphatic carbocycles. The summed E-state index contributed by atoms with van der Waals surface area (Å²) in [5.41, 5.74) is 3.47. The van der Waals surface area contributed by atoms with Gasteiger partial charge in [0.25, 0.3) is 5.91 Å². The Morgan fingerprint density at radius 1 is 0.867 bits per heavy atom. The summed E-state index contributed by atoms with van der Waals surface area (Å²) < 4.78 is 18.6. The van der Waals surface area contributed by atoms with E-state index in [1.165, 1.54) is 0 Å². The molecule has 0 bridgehead atoms. The van der Waals surface area contributed by atoms with Crippen LogP contribution in [-0.2, 0) is 36.6 Å². The number of ether oxygens (including phenoxy) is 3. The molecular formula is C45H57N7O8. The summed E-state index contributed by atoms with van der Waals surface area (Å²) >= 11 is 0. The number of hydrogen-bond donors (Lipinski definition) is 4. The SMILES string of the molecule is CC(C)C[C@H](CC(=O)[C@@H](O)[C@@H](Cc1ccccc1)NC(=O)OC(C)(C)C)C(=O)NCCOCCOCCCc1ccc(NC(=O)c2ccn3c(n2)nc2ccccc23)cn1. The third kappa shape index (κ3) is 14.2. The number of pyridine rings is 1. The Labute approximate surface area is 350 Å². The summed E-state index contributed by atoms with van der Waals surface area (Å²) in [4.78, 5) is 65.5. The first-order valence-electron chi connectivity index (χ1n) is 20.4. The summed E-state index contributed by atoms with van der Waals surface area (Å²) in [5.74, 6) is -1.28. The molecule has 15 heteroatoms. The van der Waals surface area contributed by atoms with Gasteiger partial charge in [0.15, 0.2) is 5.78 Å². The number of Topliss-reactive ketones (excluding diaryl/α,β-unsaturated/α-hetero) is 1. The number of carbonyl (C=O) groups is 4. The predicted octanol–water partition coefficient (Wildman–Crippen LogP) is 5.73. The van der Waals surface area contributed by atoms with Gasteiger partial charge >= 0.3 is 6.09 Å². The molecule has 15 nitrogen and oxygen atoms in total. The molecule has 3 amide bonds. The molecule has 3 heterocycles. The van der Waals surface area contributed by atoms with Crippen molar-refractivity contribution < 1.29 is 38.5 Å². The number of amides is 3. The standard InChI is InChI=1S/C45H57N7O8/c1-30(2)26-32(28-39(53)40(54)37(27-31-12-7-6-8-13-31)51-44(57)60-45(3,4)5)41(55)46-20-23-59-25-24-58-22-11-14-33-17-18-34(29-47-33)48-42(56)36-19-21-52-38-16-10-9-15-35(38)49-43(52)50-36/h6-10,12-13,15-19,21,29-30,32,37,40,54H,11,14,20,22-28H2,1-5H3,(H,46,55)(H,48,56)(H,51,57)/t32-,37-,40+/m1/s1. The second-order valence-electron chi connectivity index (χ2n) is 16.1. The lowest BCUT2D eigenvalue weighted by Crippen LogP contribution is -2.50. The van der Waals surface area contributed by atoms with Crippen molar-refractivity contribution >= 4 is 46.2 Å². The first-order valence-corrected chi connectivity index (χ1v) is 20.4. The average Bonchev–Trinajstić information content (AvgIpc) is 3.58. The molecule has 0 aliphatic heterocycles. The molecule has 60 heavy (non-hydrogen) atoms. The van der Waals surface area contributed by atoms with E-state index in [-0.39, 0.29) is 49.4 Å². The van der Waals surface area contributed by atoms with E-state index in [9.17, 15) is 24.3 Å². The van der Waals surface area contributed by atoms with Crippen molar-refractivity contribution in [3.05, 3.63) is 102 Å². The summed E-state index contributed by atoms with van der Waals surface area (Å²) in [6.07, 6.45) is 3.01. The molecule has 5 rings (SSSR count). The number of aryl methyl sites for hydroxylation is 1. The number of carbonyl (C=O) groups excluding carboxylic acids is 4. The van der Waals surface area contributed by atoms with Gasteiger partial charge in [-0.2, -0.15) is 0 Å². The molecule has 3 atom stereocenters. The average molecular weight is 824 g/mol. The van der Waals surface area contributed by atoms with Gasteiger partial charge in [0.1, 0.15) is 17.4 Å². The lowest BCUT2D eigenvalue weighted by molar-refractivity contribution is -0.134. The molecule has 0 unspecified atom stereocenters. The van der Waals surface area contributed by atoms with Crippen molar-refractivity contribution in [1.82, 2.24) is 30.0 Å². The van der Waals surface area contributed by atoms with E-state index in [1.807, 2.05) is 78.9 Å². The second kappa shape index (κ2) is 22.0. The number of hydrogen-bond acceptors (Lipinski definition) is 11. The van der Waals surface area contributed by atoms with Crippen molar-refractivity contribution in [2.24, 2.45) is 11.8 Å². The van der Waals surface area contributed by atoms with Crippen LogP contribution in [0.25, 0.3) is 16.8 Å². The quantitative estimate of drug-likeness (QED) is 0.0623. The number of aromatic nitrogens is 4. The minimum Gasteiger partial charge on any atom is -0.444 e. The van der Waals surface area contributed by atoms with Gasteiger partial charge in [-0.15, -0.1) is 0 Å². The van der Waals surface area contributed by atoms with E-state index < -0.39 is 35.5 Å². The van der Waals surface area contributed by atoms with Crippen LogP contribution in [0.4, 0.5) is 10.5 Å². The van der Waals surface area contributed by atoms with Gasteiger partial charge in [-0.3, -0.25) is 23.8 Å². The normalized spacial score (nSPS) is 13.2. The van der Waals surface area contributed by atoms with Crippen LogP contribution in [-0.4, -0.2) is 98.9 Å². The number of nitrogens with zero attached hydrogens (tertiary/aromatic N) is 4. The number of alkyl carbamates (subject to hydrolysis) is 1. The maximum Gasteiger partial charge on any atom is 0.407 e. The first kappa shape index (κ1) is 45.3. The third-order valence-corrected chi connectivity index (χ3v) is 9.42. The minimum atomic E-state index is -1.55. The fourth-order valence-electron chi connectivity index (χ4n) is 6.59. The highest BCUT2D eigenvalue weighted by atomic mass is 16.6. The Kier molecular flexibility index (Phi) is 16.6. The van der Waals surface area contributed by atoms with Crippen LogP contribution in [0.2, 0.25) is 0 Å². The number of ketones is 1. The van der Waals surface area contributed by atoms with Gasteiger partial charge in [0.2, 0.25) is 11.7 Å². The summed E-state index contributed by atoms with van der Waals surface area (Å²) in [6, 6.07) is 21.3. The number of nitrogens with one attached hydrogen (secondary N) is 3. The summed E-state index contributed by atoms with van der Waals surface area (Å²) in [5, 5.41) is 19.5. The van der Waals surface area contributed by atoms with Gasteiger partial charge in [0.05, 0.1) is 48.8 Å². The largest absolute Gasteiger partial charge is 0.444 e. The van der Waals surface area contributed by atoms with Gasteiger partial charge in [0, 0.05) is 37.4 Å². The summed E-state index contributed by atoms with van der Waals surface area (Å²) in [6.45, 7) is 10.9. The van der Waals surface area contributed by atoms with Crippen molar-refractivity contribution in [2.75, 3.05) is 38.3 Å². The zero-order valence-electron chi connectivity index (χ0n) is 35.1. The van der Waals surface area contributed by atoms with Gasteiger partial charge in [-0.25, -0.2) is 14.8 Å². The van der Waals surface area contributed by atoms with E-state index >= 15 is 0 Å². The van der Waals surface area contributed by atoms with Gasteiger partial charge in [-0.05, 0) is 88.3 Å². The van der Waals surface area contributed by atoms with Crippen molar-refractivity contribution in [3.8, 4) is 0 Å². The van der Waals surface area contributed by atoms with Crippen LogP contribution in [0.5, 0.6) is 0 Å². The zero-order chi connectivity index (χ0) is 43.1. The molecule has 0 fully saturated rings. The minimum absolute atomic E-state index is 0.122. The van der Waals surface area contributed by atoms with Crippen molar-refractivity contribution in [2.45, 2.75) is 84.5 Å². The number of imidazole rings is 1. The van der Waals surface area contributed by atoms with Crippen LogP contribution in [0.3, 0.4) is 0 Å². The number of rotatable bonds is 22. The lowest BCUT2D eigenvalue weighted by Gasteiger charge is -2.27. The zero-order valence-corrected chi connectivity index (χ0v) is 35.1. The maximum atomic E-state index is 13.4. The Hall–Kier alpha value is -5.77. The number of anilines is 1. The molecule has 4 N–H and O–H groups in total. The van der Waals surface area contributed by atoms with Crippen molar-refractivity contribution in [1.29, 1.82) is 0 Å². The van der Waals surface area contributed by atoms with Crippen molar-refractivity contribution in [3.63, 3.8) is 0 Å². The van der Waals surface area contributed by atoms with E-state index in [0.29, 0.717) is 44.1 Å². The smallest absolute Gasteiger partial charge is 0.407 e. The van der Waals surface area contributed by atoms with Gasteiger partial charge in [-0.1, -0.05) is 56.3 Å². The Morgan fingerprint density at radius 2 is 1.60 bits per heavy atom. The molecule has 0 aliphatic rings. The van der Waals surface area contributed by atoms with Crippen LogP contribution in [0, 0.1) is 11.8 Å². The molecule has 0 saturated carbocycles. The lowest BCUT2D eigenvalue weighted by atomic mass is 9.88. The first-order chi connectivity index (χ1) is 28.8. The fraction of sp³-hybridized carbons (Fsp3) is 0.444. The molecule has 0 saturated heterocycles. The maximum absolute atomic E-state index is 13.4. The van der Waals surface area contributed by atoms with Gasteiger partial charge < -0.3 is 35.3 Å². The molecule has 3 aromatic heterocycles. The molecular weight excluding hydrogens is 767 g/mol. The van der Waals surface area contributed by atoms with E-state index in [2.05, 4.69) is 30.9 Å². The number of aliphatic hydroxyl groups excluding tert-OH is 1. The number of fused-ring (bicyclic) bond motifs is 3. The van der Waals surface area contributed by atoms with E-state index in [4.69, 9.17) is 14.2 Å². The highest BCUT2D eigenvalue weighted by molar-refractivity contribution is 6.03. The predicted molar refractivity (Wildman–Crippen MR) is 228 cm³/mol. The van der Waals surface area contributed by atoms with Crippen LogP contribution in [0.1, 0.15) is 75.6 Å². The second-order valence-corrected chi connectivity index (χ2v) is 16.1. The van der Waals surface area contributed by atoms with Crippen LogP contribution in [0.15, 0.2) is 85.2 Å². The highest BCUT2D eigenvalue weighted by Crippen LogP contribution is 2.20. The topological polar surface area (TPSA) is 195 Å². The number of para-hydroxylation sites is 2. The summed E-state index contributed by atoms with van der Waals surface area (Å²) in [7, 11) is 0. The number of aliphatic hydroxyl groups is 1. The molecule has 320 valence electrons. The molecule has 5 aromatic rings. The molecule has 0 spiro atoms. The highest BCUT2D eigenvalue weighted by Gasteiger charge is 2.33. The van der Waals surface area contributed by atoms with Crippen LogP contribution < -0.4 is 16.0 Å². The molecule has 2 aromatic carbocycles. The van der Waals surface area contributed by atoms with Crippen LogP contribution >= 0.6 is 0 Å².